The lowest BCUT2D eigenvalue weighted by atomic mass is 10.2. The standard InChI is InChI=1S/C11H7Br2ClN2/c1-6-9(13)10(14)16-11(15-6)7-4-2-3-5-8(7)12/h2-5H,1H3. The van der Waals surface area contributed by atoms with E-state index in [-0.39, 0.29) is 0 Å². The van der Waals surface area contributed by atoms with Crippen molar-refractivity contribution in [2.24, 2.45) is 0 Å². The molecule has 0 unspecified atom stereocenters. The highest BCUT2D eigenvalue weighted by molar-refractivity contribution is 9.11. The molecule has 0 aliphatic heterocycles. The molecule has 0 aliphatic rings. The first kappa shape index (κ1) is 12.0. The zero-order valence-corrected chi connectivity index (χ0v) is 12.3. The fourth-order valence-electron chi connectivity index (χ4n) is 1.29. The van der Waals surface area contributed by atoms with E-state index in [2.05, 4.69) is 41.8 Å². The third-order valence-corrected chi connectivity index (χ3v) is 4.23. The van der Waals surface area contributed by atoms with Gasteiger partial charge in [-0.3, -0.25) is 0 Å². The molecule has 2 nitrogen and oxygen atoms in total. The average Bonchev–Trinajstić information content (AvgIpc) is 2.26. The summed E-state index contributed by atoms with van der Waals surface area (Å²) in [4.78, 5) is 8.63. The van der Waals surface area contributed by atoms with Crippen molar-refractivity contribution < 1.29 is 0 Å². The van der Waals surface area contributed by atoms with Gasteiger partial charge in [0, 0.05) is 10.0 Å². The largest absolute Gasteiger partial charge is 0.232 e. The number of halogens is 3. The molecular formula is C11H7Br2ClN2. The molecule has 82 valence electrons. The molecule has 0 bridgehead atoms. The Kier molecular flexibility index (Phi) is 3.62. The van der Waals surface area contributed by atoms with Crippen molar-refractivity contribution in [3.8, 4) is 11.4 Å². The van der Waals surface area contributed by atoms with Gasteiger partial charge in [-0.1, -0.05) is 45.7 Å². The van der Waals surface area contributed by atoms with E-state index in [4.69, 9.17) is 11.6 Å². The van der Waals surface area contributed by atoms with Crippen LogP contribution in [0.15, 0.2) is 33.2 Å². The van der Waals surface area contributed by atoms with Crippen molar-refractivity contribution >= 4 is 43.5 Å². The molecule has 1 aromatic carbocycles. The maximum atomic E-state index is 6.01. The molecule has 5 heteroatoms. The first-order valence-corrected chi connectivity index (χ1v) is 6.50. The predicted octanol–water partition coefficient (Wildman–Crippen LogP) is 4.63. The van der Waals surface area contributed by atoms with Crippen LogP contribution in [-0.4, -0.2) is 9.97 Å². The third kappa shape index (κ3) is 2.29. The molecule has 0 fully saturated rings. The van der Waals surface area contributed by atoms with Gasteiger partial charge in [-0.25, -0.2) is 9.97 Å². The molecule has 0 radical (unpaired) electrons. The number of benzene rings is 1. The fraction of sp³-hybridized carbons (Fsp3) is 0.0909. The Labute approximate surface area is 115 Å². The summed E-state index contributed by atoms with van der Waals surface area (Å²) in [6.07, 6.45) is 0. The van der Waals surface area contributed by atoms with Crippen LogP contribution in [0.4, 0.5) is 0 Å². The van der Waals surface area contributed by atoms with Crippen LogP contribution >= 0.6 is 43.5 Å². The van der Waals surface area contributed by atoms with Gasteiger partial charge in [0.1, 0.15) is 5.15 Å². The van der Waals surface area contributed by atoms with Gasteiger partial charge in [0.25, 0.3) is 0 Å². The molecule has 16 heavy (non-hydrogen) atoms. The van der Waals surface area contributed by atoms with E-state index in [1.54, 1.807) is 0 Å². The van der Waals surface area contributed by atoms with Crippen LogP contribution in [-0.2, 0) is 0 Å². The number of aromatic nitrogens is 2. The summed E-state index contributed by atoms with van der Waals surface area (Å²) >= 11 is 12.8. The first-order chi connectivity index (χ1) is 7.59. The number of hydrogen-bond acceptors (Lipinski definition) is 2. The van der Waals surface area contributed by atoms with E-state index in [9.17, 15) is 0 Å². The van der Waals surface area contributed by atoms with Crippen LogP contribution in [0, 0.1) is 6.92 Å². The van der Waals surface area contributed by atoms with Crippen molar-refractivity contribution in [2.45, 2.75) is 6.92 Å². The van der Waals surface area contributed by atoms with Crippen molar-refractivity contribution in [1.29, 1.82) is 0 Å². The maximum absolute atomic E-state index is 6.01. The maximum Gasteiger partial charge on any atom is 0.162 e. The van der Waals surface area contributed by atoms with E-state index in [1.807, 2.05) is 31.2 Å². The highest BCUT2D eigenvalue weighted by Crippen LogP contribution is 2.29. The summed E-state index contributed by atoms with van der Waals surface area (Å²) in [6, 6.07) is 7.78. The zero-order chi connectivity index (χ0) is 11.7. The van der Waals surface area contributed by atoms with Gasteiger partial charge in [0.15, 0.2) is 5.82 Å². The molecule has 2 aromatic rings. The van der Waals surface area contributed by atoms with Gasteiger partial charge in [0.2, 0.25) is 0 Å². The highest BCUT2D eigenvalue weighted by atomic mass is 79.9. The lowest BCUT2D eigenvalue weighted by Gasteiger charge is -2.06. The van der Waals surface area contributed by atoms with Gasteiger partial charge in [-0.2, -0.15) is 0 Å². The van der Waals surface area contributed by atoms with Crippen LogP contribution in [0.5, 0.6) is 0 Å². The molecule has 0 saturated heterocycles. The second-order valence-corrected chi connectivity index (χ2v) is 5.22. The van der Waals surface area contributed by atoms with Crippen LogP contribution in [0.3, 0.4) is 0 Å². The molecule has 1 aromatic heterocycles. The van der Waals surface area contributed by atoms with Gasteiger partial charge in [-0.15, -0.1) is 0 Å². The van der Waals surface area contributed by atoms with Gasteiger partial charge >= 0.3 is 0 Å². The molecule has 2 rings (SSSR count). The van der Waals surface area contributed by atoms with E-state index in [1.165, 1.54) is 0 Å². The highest BCUT2D eigenvalue weighted by Gasteiger charge is 2.10. The zero-order valence-electron chi connectivity index (χ0n) is 8.34. The Bertz CT molecular complexity index is 520. The second kappa shape index (κ2) is 4.82. The molecule has 0 saturated carbocycles. The summed E-state index contributed by atoms with van der Waals surface area (Å²) in [5.41, 5.74) is 1.76. The quantitative estimate of drug-likeness (QED) is 0.691. The molecule has 0 aliphatic carbocycles. The van der Waals surface area contributed by atoms with E-state index in [0.717, 1.165) is 20.2 Å². The minimum Gasteiger partial charge on any atom is -0.232 e. The number of aryl methyl sites for hydroxylation is 1. The lowest BCUT2D eigenvalue weighted by Crippen LogP contribution is -1.94. The molecular weight excluding hydrogens is 355 g/mol. The number of hydrogen-bond donors (Lipinski definition) is 0. The van der Waals surface area contributed by atoms with Crippen LogP contribution in [0.25, 0.3) is 11.4 Å². The summed E-state index contributed by atoms with van der Waals surface area (Å²) in [5.74, 6) is 0.623. The minimum absolute atomic E-state index is 0.429. The minimum atomic E-state index is 0.429. The normalized spacial score (nSPS) is 10.5. The SMILES string of the molecule is Cc1nc(-c2ccccc2Br)nc(Cl)c1Br. The summed E-state index contributed by atoms with van der Waals surface area (Å²) in [6.45, 7) is 1.89. The van der Waals surface area contributed by atoms with E-state index < -0.39 is 0 Å². The van der Waals surface area contributed by atoms with Gasteiger partial charge in [-0.05, 0) is 28.9 Å². The summed E-state index contributed by atoms with van der Waals surface area (Å²) < 4.78 is 1.69. The molecule has 1 heterocycles. The van der Waals surface area contributed by atoms with Crippen LogP contribution < -0.4 is 0 Å². The average molecular weight is 362 g/mol. The first-order valence-electron chi connectivity index (χ1n) is 4.54. The molecule has 0 atom stereocenters. The second-order valence-electron chi connectivity index (χ2n) is 3.22. The van der Waals surface area contributed by atoms with Crippen molar-refractivity contribution in [3.05, 3.63) is 44.1 Å². The monoisotopic (exact) mass is 360 g/mol. The number of rotatable bonds is 1. The smallest absolute Gasteiger partial charge is 0.162 e. The van der Waals surface area contributed by atoms with E-state index in [0.29, 0.717) is 11.0 Å². The Morgan fingerprint density at radius 3 is 2.44 bits per heavy atom. The van der Waals surface area contributed by atoms with Crippen molar-refractivity contribution in [1.82, 2.24) is 9.97 Å². The fourth-order valence-corrected chi connectivity index (χ4v) is 2.14. The predicted molar refractivity (Wildman–Crippen MR) is 72.6 cm³/mol. The lowest BCUT2D eigenvalue weighted by molar-refractivity contribution is 1.09. The summed E-state index contributed by atoms with van der Waals surface area (Å²) in [5, 5.41) is 0.429. The van der Waals surface area contributed by atoms with Crippen LogP contribution in [0.2, 0.25) is 5.15 Å². The third-order valence-electron chi connectivity index (χ3n) is 2.09. The van der Waals surface area contributed by atoms with Gasteiger partial charge < -0.3 is 0 Å². The molecule has 0 N–H and O–H groups in total. The van der Waals surface area contributed by atoms with Crippen molar-refractivity contribution in [3.63, 3.8) is 0 Å². The van der Waals surface area contributed by atoms with E-state index >= 15 is 0 Å². The Hall–Kier alpha value is -0.450. The van der Waals surface area contributed by atoms with Crippen LogP contribution in [0.1, 0.15) is 5.69 Å². The molecule has 0 amide bonds. The number of nitrogens with zero attached hydrogens (tertiary/aromatic N) is 2. The van der Waals surface area contributed by atoms with Gasteiger partial charge in [0.05, 0.1) is 10.2 Å². The Morgan fingerprint density at radius 2 is 1.81 bits per heavy atom. The Balaban J connectivity index is 2.62. The summed E-state index contributed by atoms with van der Waals surface area (Å²) in [7, 11) is 0. The topological polar surface area (TPSA) is 25.8 Å². The Morgan fingerprint density at radius 1 is 1.12 bits per heavy atom. The molecule has 0 spiro atoms. The van der Waals surface area contributed by atoms with Crippen molar-refractivity contribution in [2.75, 3.05) is 0 Å².